The Kier molecular flexibility index (Phi) is 5.67. The molecular formula is C23H24N4O5. The van der Waals surface area contributed by atoms with Gasteiger partial charge in [-0.3, -0.25) is 24.1 Å². The molecule has 166 valence electrons. The van der Waals surface area contributed by atoms with Crippen LogP contribution in [0.2, 0.25) is 0 Å². The maximum atomic E-state index is 12.6. The number of fused-ring (bicyclic) bond motifs is 2. The predicted molar refractivity (Wildman–Crippen MR) is 118 cm³/mol. The first-order chi connectivity index (χ1) is 15.3. The summed E-state index contributed by atoms with van der Waals surface area (Å²) in [4.78, 5) is 54.6. The molecule has 0 bridgehead atoms. The van der Waals surface area contributed by atoms with Gasteiger partial charge in [0.05, 0.1) is 16.8 Å². The number of benzene rings is 2. The minimum Gasteiger partial charge on any atom is -0.479 e. The van der Waals surface area contributed by atoms with Crippen LogP contribution in [0.5, 0.6) is 5.75 Å². The summed E-state index contributed by atoms with van der Waals surface area (Å²) in [7, 11) is 3.87. The zero-order valence-electron chi connectivity index (χ0n) is 18.1. The summed E-state index contributed by atoms with van der Waals surface area (Å²) < 4.78 is 5.74. The van der Waals surface area contributed by atoms with Crippen molar-refractivity contribution in [2.45, 2.75) is 13.0 Å². The third-order valence-electron chi connectivity index (χ3n) is 5.40. The van der Waals surface area contributed by atoms with Gasteiger partial charge in [0.25, 0.3) is 17.7 Å². The van der Waals surface area contributed by atoms with Crippen molar-refractivity contribution in [2.75, 3.05) is 43.9 Å². The van der Waals surface area contributed by atoms with Gasteiger partial charge in [-0.25, -0.2) is 0 Å². The quantitative estimate of drug-likeness (QED) is 0.691. The van der Waals surface area contributed by atoms with Crippen molar-refractivity contribution in [1.29, 1.82) is 0 Å². The Hall–Kier alpha value is -3.72. The summed E-state index contributed by atoms with van der Waals surface area (Å²) in [5.74, 6) is -1.13. The minimum absolute atomic E-state index is 0.123. The number of nitrogens with zero attached hydrogens (tertiary/aromatic N) is 3. The van der Waals surface area contributed by atoms with E-state index in [-0.39, 0.29) is 5.91 Å². The van der Waals surface area contributed by atoms with Crippen LogP contribution >= 0.6 is 0 Å². The van der Waals surface area contributed by atoms with Crippen molar-refractivity contribution in [1.82, 2.24) is 9.80 Å². The largest absolute Gasteiger partial charge is 0.479 e. The van der Waals surface area contributed by atoms with Gasteiger partial charge in [-0.05, 0) is 45.3 Å². The molecule has 1 N–H and O–H groups in total. The van der Waals surface area contributed by atoms with Gasteiger partial charge in [0.2, 0.25) is 5.91 Å². The molecule has 32 heavy (non-hydrogen) atoms. The van der Waals surface area contributed by atoms with E-state index < -0.39 is 30.4 Å². The fourth-order valence-corrected chi connectivity index (χ4v) is 3.75. The lowest BCUT2D eigenvalue weighted by molar-refractivity contribution is -0.125. The monoisotopic (exact) mass is 436 g/mol. The van der Waals surface area contributed by atoms with E-state index >= 15 is 0 Å². The van der Waals surface area contributed by atoms with Crippen LogP contribution in [0.3, 0.4) is 0 Å². The lowest BCUT2D eigenvalue weighted by atomic mass is 10.1. The van der Waals surface area contributed by atoms with Crippen molar-refractivity contribution < 1.29 is 23.9 Å². The van der Waals surface area contributed by atoms with Gasteiger partial charge in [0.15, 0.2) is 6.10 Å². The number of hydrogen-bond donors (Lipinski definition) is 1. The van der Waals surface area contributed by atoms with Gasteiger partial charge in [0.1, 0.15) is 12.3 Å². The van der Waals surface area contributed by atoms with Crippen LogP contribution in [0.15, 0.2) is 42.5 Å². The molecular weight excluding hydrogens is 412 g/mol. The molecule has 2 aromatic carbocycles. The van der Waals surface area contributed by atoms with Gasteiger partial charge >= 0.3 is 0 Å². The normalized spacial score (nSPS) is 17.4. The molecule has 1 atom stereocenters. The van der Waals surface area contributed by atoms with Crippen LogP contribution in [0, 0.1) is 0 Å². The van der Waals surface area contributed by atoms with E-state index in [4.69, 9.17) is 4.74 Å². The summed E-state index contributed by atoms with van der Waals surface area (Å²) >= 11 is 0. The van der Waals surface area contributed by atoms with Crippen molar-refractivity contribution in [2.24, 2.45) is 0 Å². The molecule has 2 heterocycles. The van der Waals surface area contributed by atoms with Crippen LogP contribution in [0.1, 0.15) is 27.6 Å². The van der Waals surface area contributed by atoms with E-state index in [9.17, 15) is 19.2 Å². The fraction of sp³-hybridized carbons (Fsp3) is 0.304. The van der Waals surface area contributed by atoms with Gasteiger partial charge in [-0.1, -0.05) is 12.1 Å². The second kappa shape index (κ2) is 8.43. The smallest absolute Gasteiger partial charge is 0.267 e. The highest BCUT2D eigenvalue weighted by Gasteiger charge is 2.36. The van der Waals surface area contributed by atoms with Gasteiger partial charge in [0, 0.05) is 24.8 Å². The van der Waals surface area contributed by atoms with E-state index in [2.05, 4.69) is 5.32 Å². The Labute approximate surface area is 185 Å². The molecule has 4 amide bonds. The Morgan fingerprint density at radius 2 is 1.69 bits per heavy atom. The molecule has 9 heteroatoms. The summed E-state index contributed by atoms with van der Waals surface area (Å²) in [6, 6.07) is 11.5. The average molecular weight is 436 g/mol. The van der Waals surface area contributed by atoms with Gasteiger partial charge in [-0.2, -0.15) is 0 Å². The maximum absolute atomic E-state index is 12.6. The summed E-state index contributed by atoms with van der Waals surface area (Å²) in [6.07, 6.45) is -0.644. The number of carbonyl (C=O) groups is 4. The number of imide groups is 1. The number of amides is 4. The van der Waals surface area contributed by atoms with E-state index in [1.807, 2.05) is 19.0 Å². The van der Waals surface area contributed by atoms with Crippen molar-refractivity contribution in [3.05, 3.63) is 53.6 Å². The zero-order valence-corrected chi connectivity index (χ0v) is 18.1. The molecule has 2 aromatic rings. The first kappa shape index (κ1) is 21.5. The second-order valence-corrected chi connectivity index (χ2v) is 8.03. The Bertz CT molecular complexity index is 1080. The molecule has 4 rings (SSSR count). The van der Waals surface area contributed by atoms with Crippen LogP contribution in [0.25, 0.3) is 0 Å². The Balaban J connectivity index is 1.47. The lowest BCUT2D eigenvalue weighted by Crippen LogP contribution is -2.46. The number of rotatable bonds is 6. The highest BCUT2D eigenvalue weighted by atomic mass is 16.5. The summed E-state index contributed by atoms with van der Waals surface area (Å²) in [5, 5.41) is 2.70. The highest BCUT2D eigenvalue weighted by Crippen LogP contribution is 2.36. The van der Waals surface area contributed by atoms with Gasteiger partial charge < -0.3 is 19.9 Å². The molecule has 9 nitrogen and oxygen atoms in total. The fourth-order valence-electron chi connectivity index (χ4n) is 3.75. The van der Waals surface area contributed by atoms with Crippen LogP contribution in [-0.2, 0) is 9.59 Å². The van der Waals surface area contributed by atoms with Crippen LogP contribution in [0.4, 0.5) is 11.4 Å². The SMILES string of the molecule is CC1Oc2cc(NC(=O)CN3C(=O)c4ccccc4C3=O)ccc2N(CCN(C)C)C1=O. The Morgan fingerprint density at radius 3 is 2.31 bits per heavy atom. The average Bonchev–Trinajstić information content (AvgIpc) is 2.99. The number of anilines is 2. The summed E-state index contributed by atoms with van der Waals surface area (Å²) in [6.45, 7) is 2.49. The molecule has 2 aliphatic heterocycles. The third kappa shape index (κ3) is 3.94. The second-order valence-electron chi connectivity index (χ2n) is 8.03. The van der Waals surface area contributed by atoms with Crippen molar-refractivity contribution in [3.8, 4) is 5.75 Å². The van der Waals surface area contributed by atoms with E-state index in [0.717, 1.165) is 4.90 Å². The maximum Gasteiger partial charge on any atom is 0.267 e. The molecule has 0 saturated heterocycles. The van der Waals surface area contributed by atoms with E-state index in [0.29, 0.717) is 41.3 Å². The topological polar surface area (TPSA) is 99.3 Å². The number of hydrogen-bond acceptors (Lipinski definition) is 6. The van der Waals surface area contributed by atoms with Crippen molar-refractivity contribution >= 4 is 35.0 Å². The molecule has 2 aliphatic rings. The molecule has 0 radical (unpaired) electrons. The van der Waals surface area contributed by atoms with E-state index in [1.165, 1.54) is 0 Å². The molecule has 1 unspecified atom stereocenters. The van der Waals surface area contributed by atoms with Crippen LogP contribution < -0.4 is 15.0 Å². The Morgan fingerprint density at radius 1 is 1.03 bits per heavy atom. The lowest BCUT2D eigenvalue weighted by Gasteiger charge is -2.34. The van der Waals surface area contributed by atoms with Crippen LogP contribution in [-0.4, -0.2) is 73.3 Å². The minimum atomic E-state index is -0.644. The zero-order chi connectivity index (χ0) is 23.0. The number of nitrogens with one attached hydrogen (secondary N) is 1. The predicted octanol–water partition coefficient (Wildman–Crippen LogP) is 1.60. The number of likely N-dealkylation sites (N-methyl/N-ethyl adjacent to an activating group) is 1. The van der Waals surface area contributed by atoms with Crippen molar-refractivity contribution in [3.63, 3.8) is 0 Å². The van der Waals surface area contributed by atoms with E-state index in [1.54, 1.807) is 54.3 Å². The molecule has 0 aliphatic carbocycles. The third-order valence-corrected chi connectivity index (χ3v) is 5.40. The molecule has 0 saturated carbocycles. The first-order valence-corrected chi connectivity index (χ1v) is 10.3. The van der Waals surface area contributed by atoms with Gasteiger partial charge in [-0.15, -0.1) is 0 Å². The first-order valence-electron chi connectivity index (χ1n) is 10.3. The number of ether oxygens (including phenoxy) is 1. The standard InChI is InChI=1S/C23H24N4O5/c1-14-21(29)26(11-10-25(2)3)18-9-8-15(12-19(18)32-14)24-20(28)13-27-22(30)16-6-4-5-7-17(16)23(27)31/h4-9,12,14H,10-11,13H2,1-3H3,(H,24,28). The number of carbonyl (C=O) groups excluding carboxylic acids is 4. The molecule has 0 fully saturated rings. The molecule has 0 aromatic heterocycles. The summed E-state index contributed by atoms with van der Waals surface area (Å²) in [5.41, 5.74) is 1.67. The highest BCUT2D eigenvalue weighted by molar-refractivity contribution is 6.22. The molecule has 0 spiro atoms.